The van der Waals surface area contributed by atoms with Crippen LogP contribution >= 0.6 is 0 Å². The van der Waals surface area contributed by atoms with Crippen molar-refractivity contribution >= 4 is 38.7 Å². The van der Waals surface area contributed by atoms with E-state index in [9.17, 15) is 18.5 Å². The molecule has 1 heterocycles. The summed E-state index contributed by atoms with van der Waals surface area (Å²) in [5.74, 6) is 0.178. The SMILES string of the molecule is CCN(c1cccc(C)c1)c1ncnc(Nc2ccc(S(=O)(=O)N(CC)CC)cc2)c1[N+](=O)[O-]. The molecule has 10 nitrogen and oxygen atoms in total. The lowest BCUT2D eigenvalue weighted by atomic mass is 10.2. The molecule has 0 bridgehead atoms. The second-order valence-corrected chi connectivity index (χ2v) is 9.41. The van der Waals surface area contributed by atoms with Crippen LogP contribution in [0.2, 0.25) is 0 Å². The summed E-state index contributed by atoms with van der Waals surface area (Å²) in [5.41, 5.74) is 1.99. The molecule has 11 heteroatoms. The molecule has 0 spiro atoms. The Morgan fingerprint density at radius 1 is 1.00 bits per heavy atom. The van der Waals surface area contributed by atoms with Gasteiger partial charge in [-0.25, -0.2) is 18.4 Å². The topological polar surface area (TPSA) is 122 Å². The molecule has 0 atom stereocenters. The molecule has 0 amide bonds. The number of sulfonamides is 1. The first-order valence-corrected chi connectivity index (χ1v) is 12.4. The molecule has 180 valence electrons. The summed E-state index contributed by atoms with van der Waals surface area (Å²) in [6.07, 6.45) is 1.27. The molecule has 3 rings (SSSR count). The van der Waals surface area contributed by atoms with Crippen LogP contribution in [0, 0.1) is 17.0 Å². The zero-order valence-electron chi connectivity index (χ0n) is 19.6. The molecular formula is C23H28N6O4S. The lowest BCUT2D eigenvalue weighted by Crippen LogP contribution is -2.30. The standard InChI is InChI=1S/C23H28N6O4S/c1-5-27(6-2)34(32,33)20-13-11-18(12-14-20)26-22-21(29(30)31)23(25-16-24-22)28(7-3)19-10-8-9-17(4)15-19/h8-16H,5-7H2,1-4H3,(H,24,25,26). The number of rotatable bonds is 10. The van der Waals surface area contributed by atoms with Crippen molar-refractivity contribution in [3.63, 3.8) is 0 Å². The Labute approximate surface area is 199 Å². The second kappa shape index (κ2) is 10.6. The van der Waals surface area contributed by atoms with Gasteiger partial charge >= 0.3 is 5.69 Å². The third-order valence-corrected chi connectivity index (χ3v) is 7.40. The Morgan fingerprint density at radius 2 is 1.68 bits per heavy atom. The molecule has 3 aromatic rings. The van der Waals surface area contributed by atoms with Crippen LogP contribution in [0.25, 0.3) is 0 Å². The minimum absolute atomic E-state index is 0.0143. The van der Waals surface area contributed by atoms with Gasteiger partial charge in [-0.3, -0.25) is 10.1 Å². The van der Waals surface area contributed by atoms with Crippen LogP contribution in [0.4, 0.5) is 28.7 Å². The summed E-state index contributed by atoms with van der Waals surface area (Å²) in [6.45, 7) is 8.57. The lowest BCUT2D eigenvalue weighted by molar-refractivity contribution is -0.383. The number of nitrogens with zero attached hydrogens (tertiary/aromatic N) is 5. The quantitative estimate of drug-likeness (QED) is 0.327. The highest BCUT2D eigenvalue weighted by Gasteiger charge is 2.28. The molecule has 1 N–H and O–H groups in total. The molecule has 0 fully saturated rings. The van der Waals surface area contributed by atoms with E-state index in [0.29, 0.717) is 25.3 Å². The van der Waals surface area contributed by atoms with Crippen molar-refractivity contribution in [3.8, 4) is 0 Å². The molecule has 0 unspecified atom stereocenters. The third-order valence-electron chi connectivity index (χ3n) is 5.33. The minimum Gasteiger partial charge on any atom is -0.334 e. The Hall–Kier alpha value is -3.57. The predicted octanol–water partition coefficient (Wildman–Crippen LogP) is 4.63. The summed E-state index contributed by atoms with van der Waals surface area (Å²) < 4.78 is 26.8. The highest BCUT2D eigenvalue weighted by atomic mass is 32.2. The first-order valence-electron chi connectivity index (χ1n) is 10.9. The van der Waals surface area contributed by atoms with Crippen LogP contribution in [-0.2, 0) is 10.0 Å². The van der Waals surface area contributed by atoms with Crippen LogP contribution in [0.3, 0.4) is 0 Å². The van der Waals surface area contributed by atoms with E-state index in [-0.39, 0.29) is 22.2 Å². The molecule has 34 heavy (non-hydrogen) atoms. The van der Waals surface area contributed by atoms with E-state index in [1.54, 1.807) is 30.9 Å². The predicted molar refractivity (Wildman–Crippen MR) is 132 cm³/mol. The molecule has 2 aromatic carbocycles. The van der Waals surface area contributed by atoms with Crippen molar-refractivity contribution in [2.45, 2.75) is 32.6 Å². The summed E-state index contributed by atoms with van der Waals surface area (Å²) >= 11 is 0. The van der Waals surface area contributed by atoms with Crippen molar-refractivity contribution in [2.24, 2.45) is 0 Å². The van der Waals surface area contributed by atoms with Crippen molar-refractivity contribution in [2.75, 3.05) is 29.9 Å². The van der Waals surface area contributed by atoms with Gasteiger partial charge in [0, 0.05) is 31.0 Å². The number of hydrogen-bond donors (Lipinski definition) is 1. The molecule has 0 aliphatic rings. The Kier molecular flexibility index (Phi) is 7.79. The molecule has 0 aliphatic carbocycles. The monoisotopic (exact) mass is 484 g/mol. The normalized spacial score (nSPS) is 11.4. The van der Waals surface area contributed by atoms with Gasteiger partial charge < -0.3 is 10.2 Å². The van der Waals surface area contributed by atoms with Crippen LogP contribution in [0.1, 0.15) is 26.3 Å². The first-order chi connectivity index (χ1) is 16.2. The fourth-order valence-corrected chi connectivity index (χ4v) is 5.09. The summed E-state index contributed by atoms with van der Waals surface area (Å²) in [4.78, 5) is 21.7. The van der Waals surface area contributed by atoms with Crippen LogP contribution in [0.15, 0.2) is 59.8 Å². The number of hydrogen-bond acceptors (Lipinski definition) is 8. The van der Waals surface area contributed by atoms with Crippen LogP contribution < -0.4 is 10.2 Å². The van der Waals surface area contributed by atoms with Gasteiger partial charge in [0.05, 0.1) is 9.82 Å². The maximum absolute atomic E-state index is 12.7. The molecule has 0 aliphatic heterocycles. The van der Waals surface area contributed by atoms with E-state index in [0.717, 1.165) is 11.3 Å². The second-order valence-electron chi connectivity index (χ2n) is 7.47. The number of benzene rings is 2. The molecule has 0 radical (unpaired) electrons. The van der Waals surface area contributed by atoms with Gasteiger partial charge in [0.25, 0.3) is 0 Å². The fraction of sp³-hybridized carbons (Fsp3) is 0.304. The fourth-order valence-electron chi connectivity index (χ4n) is 3.64. The number of nitro groups is 1. The van der Waals surface area contributed by atoms with E-state index in [4.69, 9.17) is 0 Å². The van der Waals surface area contributed by atoms with Gasteiger partial charge in [0.2, 0.25) is 21.7 Å². The highest BCUT2D eigenvalue weighted by molar-refractivity contribution is 7.89. The third kappa shape index (κ3) is 5.15. The van der Waals surface area contributed by atoms with Crippen LogP contribution in [-0.4, -0.2) is 47.2 Å². The molecule has 1 aromatic heterocycles. The molecule has 0 saturated carbocycles. The Bertz CT molecular complexity index is 1260. The van der Waals surface area contributed by atoms with Crippen molar-refractivity contribution in [3.05, 3.63) is 70.5 Å². The minimum atomic E-state index is -3.60. The zero-order valence-corrected chi connectivity index (χ0v) is 20.4. The maximum Gasteiger partial charge on any atom is 0.354 e. The Morgan fingerprint density at radius 3 is 2.24 bits per heavy atom. The molecular weight excluding hydrogens is 456 g/mol. The zero-order chi connectivity index (χ0) is 24.9. The van der Waals surface area contributed by atoms with Gasteiger partial charge in [-0.2, -0.15) is 4.31 Å². The van der Waals surface area contributed by atoms with Crippen LogP contribution in [0.5, 0.6) is 0 Å². The van der Waals surface area contributed by atoms with E-state index in [1.165, 1.54) is 22.8 Å². The maximum atomic E-state index is 12.7. The van der Waals surface area contributed by atoms with Crippen molar-refractivity contribution in [1.29, 1.82) is 0 Å². The van der Waals surface area contributed by atoms with Gasteiger partial charge in [-0.15, -0.1) is 0 Å². The van der Waals surface area contributed by atoms with E-state index >= 15 is 0 Å². The average molecular weight is 485 g/mol. The largest absolute Gasteiger partial charge is 0.354 e. The van der Waals surface area contributed by atoms with E-state index in [2.05, 4.69) is 15.3 Å². The summed E-state index contributed by atoms with van der Waals surface area (Å²) in [7, 11) is -3.60. The number of anilines is 4. The van der Waals surface area contributed by atoms with Gasteiger partial charge in [0.1, 0.15) is 6.33 Å². The number of aryl methyl sites for hydroxylation is 1. The number of nitrogens with one attached hydrogen (secondary N) is 1. The number of aromatic nitrogens is 2. The van der Waals surface area contributed by atoms with Gasteiger partial charge in [-0.05, 0) is 55.8 Å². The first kappa shape index (κ1) is 25.1. The Balaban J connectivity index is 1.98. The molecule has 0 saturated heterocycles. The van der Waals surface area contributed by atoms with Crippen molar-refractivity contribution < 1.29 is 13.3 Å². The summed E-state index contributed by atoms with van der Waals surface area (Å²) in [5, 5.41) is 15.0. The van der Waals surface area contributed by atoms with E-state index < -0.39 is 14.9 Å². The van der Waals surface area contributed by atoms with Crippen molar-refractivity contribution in [1.82, 2.24) is 14.3 Å². The summed E-state index contributed by atoms with van der Waals surface area (Å²) in [6, 6.07) is 13.7. The van der Waals surface area contributed by atoms with Gasteiger partial charge in [0.15, 0.2) is 0 Å². The lowest BCUT2D eigenvalue weighted by Gasteiger charge is -2.22. The van der Waals surface area contributed by atoms with Gasteiger partial charge in [-0.1, -0.05) is 26.0 Å². The highest BCUT2D eigenvalue weighted by Crippen LogP contribution is 2.37. The smallest absolute Gasteiger partial charge is 0.334 e. The average Bonchev–Trinajstić information content (AvgIpc) is 2.80. The van der Waals surface area contributed by atoms with E-state index in [1.807, 2.05) is 38.1 Å².